The Labute approximate surface area is 121 Å². The van der Waals surface area contributed by atoms with Gasteiger partial charge in [-0.25, -0.2) is 20.2 Å². The number of nitrogens with zero attached hydrogens (tertiary/aromatic N) is 2. The molecule has 0 unspecified atom stereocenters. The molecule has 1 aromatic heterocycles. The van der Waals surface area contributed by atoms with E-state index in [-0.39, 0.29) is 12.4 Å². The number of rotatable bonds is 6. The zero-order valence-corrected chi connectivity index (χ0v) is 11.7. The maximum absolute atomic E-state index is 13.6. The highest BCUT2D eigenvalue weighted by Crippen LogP contribution is 2.23. The topological polar surface area (TPSA) is 94.3 Å². The Morgan fingerprint density at radius 2 is 1.95 bits per heavy atom. The second kappa shape index (κ2) is 6.82. The molecule has 21 heavy (non-hydrogen) atoms. The number of hydrogen-bond donors (Lipinski definition) is 3. The van der Waals surface area contributed by atoms with Gasteiger partial charge in [-0.2, -0.15) is 0 Å². The molecule has 0 aliphatic heterocycles. The van der Waals surface area contributed by atoms with Crippen molar-refractivity contribution >= 4 is 17.3 Å². The molecule has 0 amide bonds. The molecule has 1 aromatic carbocycles. The van der Waals surface area contributed by atoms with E-state index < -0.39 is 5.82 Å². The van der Waals surface area contributed by atoms with Crippen LogP contribution in [-0.2, 0) is 11.3 Å². The first-order valence-electron chi connectivity index (χ1n) is 6.10. The molecule has 0 saturated carbocycles. The number of hydrazine groups is 1. The standard InChI is InChI=1S/C13H16FN5O2/c1-20-7-13-17-11(6-12(18-13)19-15)16-8-3-4-10(21-2)9(14)5-8/h3-6H,7,15H2,1-2H3,(H2,16,17,18,19). The predicted octanol–water partition coefficient (Wildman–Crippen LogP) is 1.80. The van der Waals surface area contributed by atoms with E-state index in [0.717, 1.165) is 0 Å². The van der Waals surface area contributed by atoms with Gasteiger partial charge in [0.2, 0.25) is 0 Å². The molecule has 0 aliphatic carbocycles. The van der Waals surface area contributed by atoms with E-state index >= 15 is 0 Å². The summed E-state index contributed by atoms with van der Waals surface area (Å²) >= 11 is 0. The van der Waals surface area contributed by atoms with E-state index in [4.69, 9.17) is 15.3 Å². The molecule has 2 rings (SSSR count). The molecule has 7 nitrogen and oxygen atoms in total. The van der Waals surface area contributed by atoms with Crippen molar-refractivity contribution < 1.29 is 13.9 Å². The summed E-state index contributed by atoms with van der Waals surface area (Å²) in [5.41, 5.74) is 2.97. The van der Waals surface area contributed by atoms with Gasteiger partial charge in [-0.15, -0.1) is 0 Å². The van der Waals surface area contributed by atoms with Gasteiger partial charge in [0.05, 0.1) is 7.11 Å². The van der Waals surface area contributed by atoms with E-state index in [1.165, 1.54) is 26.4 Å². The van der Waals surface area contributed by atoms with Crippen LogP contribution < -0.4 is 21.3 Å². The van der Waals surface area contributed by atoms with Crippen LogP contribution in [0.25, 0.3) is 0 Å². The van der Waals surface area contributed by atoms with Gasteiger partial charge in [-0.05, 0) is 12.1 Å². The highest BCUT2D eigenvalue weighted by Gasteiger charge is 2.07. The Hall–Kier alpha value is -2.45. The molecule has 0 fully saturated rings. The first kappa shape index (κ1) is 14.9. The molecule has 112 valence electrons. The second-order valence-corrected chi connectivity index (χ2v) is 4.11. The molecule has 4 N–H and O–H groups in total. The average molecular weight is 293 g/mol. The highest BCUT2D eigenvalue weighted by atomic mass is 19.1. The number of nitrogen functional groups attached to an aromatic ring is 1. The Morgan fingerprint density at radius 3 is 2.57 bits per heavy atom. The van der Waals surface area contributed by atoms with Gasteiger partial charge >= 0.3 is 0 Å². The van der Waals surface area contributed by atoms with Crippen LogP contribution in [0.2, 0.25) is 0 Å². The van der Waals surface area contributed by atoms with Crippen LogP contribution in [-0.4, -0.2) is 24.2 Å². The number of nitrogens with one attached hydrogen (secondary N) is 2. The van der Waals surface area contributed by atoms with Crippen molar-refractivity contribution in [2.45, 2.75) is 6.61 Å². The summed E-state index contributed by atoms with van der Waals surface area (Å²) in [4.78, 5) is 8.36. The molecule has 0 spiro atoms. The number of anilines is 3. The summed E-state index contributed by atoms with van der Waals surface area (Å²) < 4.78 is 23.5. The third-order valence-electron chi connectivity index (χ3n) is 2.62. The van der Waals surface area contributed by atoms with Crippen molar-refractivity contribution in [3.8, 4) is 5.75 Å². The maximum atomic E-state index is 13.6. The van der Waals surface area contributed by atoms with Crippen LogP contribution in [0.4, 0.5) is 21.7 Å². The minimum absolute atomic E-state index is 0.174. The lowest BCUT2D eigenvalue weighted by Crippen LogP contribution is -2.11. The first-order valence-corrected chi connectivity index (χ1v) is 6.10. The third-order valence-corrected chi connectivity index (χ3v) is 2.62. The van der Waals surface area contributed by atoms with Crippen LogP contribution >= 0.6 is 0 Å². The van der Waals surface area contributed by atoms with Gasteiger partial charge in [0.25, 0.3) is 0 Å². The number of methoxy groups -OCH3 is 2. The number of aromatic nitrogens is 2. The second-order valence-electron chi connectivity index (χ2n) is 4.11. The minimum Gasteiger partial charge on any atom is -0.494 e. The molecule has 1 heterocycles. The lowest BCUT2D eigenvalue weighted by molar-refractivity contribution is 0.178. The van der Waals surface area contributed by atoms with Crippen molar-refractivity contribution in [3.05, 3.63) is 35.9 Å². The Bertz CT molecular complexity index is 624. The average Bonchev–Trinajstić information content (AvgIpc) is 2.47. The number of ether oxygens (including phenoxy) is 2. The van der Waals surface area contributed by atoms with Crippen LogP contribution in [0.5, 0.6) is 5.75 Å². The largest absolute Gasteiger partial charge is 0.494 e. The van der Waals surface area contributed by atoms with Crippen LogP contribution in [0, 0.1) is 5.82 Å². The van der Waals surface area contributed by atoms with E-state index in [0.29, 0.717) is 23.1 Å². The summed E-state index contributed by atoms with van der Waals surface area (Å²) in [5.74, 6) is 6.40. The van der Waals surface area contributed by atoms with Crippen molar-refractivity contribution in [2.24, 2.45) is 5.84 Å². The summed E-state index contributed by atoms with van der Waals surface area (Å²) in [6.07, 6.45) is 0. The van der Waals surface area contributed by atoms with Crippen molar-refractivity contribution in [1.29, 1.82) is 0 Å². The predicted molar refractivity (Wildman–Crippen MR) is 76.8 cm³/mol. The van der Waals surface area contributed by atoms with E-state index in [9.17, 15) is 4.39 Å². The third kappa shape index (κ3) is 3.77. The van der Waals surface area contributed by atoms with Crippen molar-refractivity contribution in [3.63, 3.8) is 0 Å². The summed E-state index contributed by atoms with van der Waals surface area (Å²) in [6, 6.07) is 6.11. The normalized spacial score (nSPS) is 10.3. The van der Waals surface area contributed by atoms with Crippen molar-refractivity contribution in [1.82, 2.24) is 9.97 Å². The Morgan fingerprint density at radius 1 is 1.19 bits per heavy atom. The molecular formula is C13H16FN5O2. The van der Waals surface area contributed by atoms with Crippen LogP contribution in [0.1, 0.15) is 5.82 Å². The van der Waals surface area contributed by atoms with Gasteiger partial charge in [-0.3, -0.25) is 0 Å². The molecule has 0 saturated heterocycles. The number of halogens is 1. The first-order chi connectivity index (χ1) is 10.2. The SMILES string of the molecule is COCc1nc(NN)cc(Nc2ccc(OC)c(F)c2)n1. The molecular weight excluding hydrogens is 277 g/mol. The Kier molecular flexibility index (Phi) is 4.85. The zero-order chi connectivity index (χ0) is 15.2. The van der Waals surface area contributed by atoms with E-state index in [1.54, 1.807) is 12.1 Å². The van der Waals surface area contributed by atoms with Gasteiger partial charge < -0.3 is 20.2 Å². The number of benzene rings is 1. The number of nitrogens with two attached hydrogens (primary N) is 1. The summed E-state index contributed by atoms with van der Waals surface area (Å²) in [5, 5.41) is 2.97. The molecule has 2 aromatic rings. The zero-order valence-electron chi connectivity index (χ0n) is 11.7. The monoisotopic (exact) mass is 293 g/mol. The fraction of sp³-hybridized carbons (Fsp3) is 0.231. The maximum Gasteiger partial charge on any atom is 0.167 e. The van der Waals surface area contributed by atoms with Gasteiger partial charge in [-0.1, -0.05) is 0 Å². The van der Waals surface area contributed by atoms with Crippen LogP contribution in [0.3, 0.4) is 0 Å². The molecule has 0 bridgehead atoms. The summed E-state index contributed by atoms with van der Waals surface area (Å²) in [6.45, 7) is 0.237. The van der Waals surface area contributed by atoms with Crippen molar-refractivity contribution in [2.75, 3.05) is 25.0 Å². The molecule has 8 heteroatoms. The quantitative estimate of drug-likeness (QED) is 0.552. The Balaban J connectivity index is 2.25. The van der Waals surface area contributed by atoms with E-state index in [1.807, 2.05) is 0 Å². The molecule has 0 radical (unpaired) electrons. The molecule has 0 aliphatic rings. The van der Waals surface area contributed by atoms with Gasteiger partial charge in [0.1, 0.15) is 18.2 Å². The van der Waals surface area contributed by atoms with E-state index in [2.05, 4.69) is 20.7 Å². The lowest BCUT2D eigenvalue weighted by atomic mass is 10.3. The highest BCUT2D eigenvalue weighted by molar-refractivity contribution is 5.60. The summed E-state index contributed by atoms with van der Waals surface area (Å²) in [7, 11) is 2.95. The molecule has 0 atom stereocenters. The lowest BCUT2D eigenvalue weighted by Gasteiger charge is -2.10. The minimum atomic E-state index is -0.467. The fourth-order valence-corrected chi connectivity index (χ4v) is 1.72. The number of hydrogen-bond acceptors (Lipinski definition) is 7. The van der Waals surface area contributed by atoms with Crippen LogP contribution in [0.15, 0.2) is 24.3 Å². The smallest absolute Gasteiger partial charge is 0.167 e. The van der Waals surface area contributed by atoms with Gasteiger partial charge in [0, 0.05) is 24.9 Å². The van der Waals surface area contributed by atoms with Gasteiger partial charge in [0.15, 0.2) is 17.4 Å². The fourth-order valence-electron chi connectivity index (χ4n) is 1.72.